The molecule has 1 aliphatic heterocycles. The Labute approximate surface area is 153 Å². The van der Waals surface area contributed by atoms with Crippen LogP contribution in [0.4, 0.5) is 22.0 Å². The van der Waals surface area contributed by atoms with E-state index in [1.54, 1.807) is 0 Å². The fourth-order valence-electron chi connectivity index (χ4n) is 1.83. The third-order valence-corrected chi connectivity index (χ3v) is 4.00. The van der Waals surface area contributed by atoms with E-state index in [9.17, 15) is 31.5 Å². The molecule has 0 atom stereocenters. The van der Waals surface area contributed by atoms with Crippen molar-refractivity contribution in [3.8, 4) is 0 Å². The molecule has 2 rings (SSSR count). The van der Waals surface area contributed by atoms with Crippen molar-refractivity contribution in [2.45, 2.75) is 12.1 Å². The molecule has 0 unspecified atom stereocenters. The monoisotopic (exact) mass is 407 g/mol. The number of nitrogens with zero attached hydrogens (tertiary/aromatic N) is 2. The van der Waals surface area contributed by atoms with Crippen LogP contribution in [0.2, 0.25) is 0 Å². The minimum atomic E-state index is -5.77. The lowest BCUT2D eigenvalue weighted by atomic mass is 10.0. The second kappa shape index (κ2) is 7.86. The maximum absolute atomic E-state index is 13.6. The summed E-state index contributed by atoms with van der Waals surface area (Å²) in [4.78, 5) is 22.7. The van der Waals surface area contributed by atoms with Crippen LogP contribution in [0, 0.1) is 0 Å². The predicted octanol–water partition coefficient (Wildman–Crippen LogP) is 2.95. The Morgan fingerprint density at radius 1 is 1.22 bits per heavy atom. The third kappa shape index (κ3) is 4.70. The number of hydrogen-bond donors (Lipinski definition) is 1. The number of halogens is 5. The second-order valence-electron chi connectivity index (χ2n) is 4.90. The number of methoxy groups -OCH3 is 1. The first kappa shape index (κ1) is 20.6. The fraction of sp³-hybridized carbons (Fsp3) is 0.200. The summed E-state index contributed by atoms with van der Waals surface area (Å²) < 4.78 is 69.2. The summed E-state index contributed by atoms with van der Waals surface area (Å²) in [5.41, 5.74) is -1.78. The third-order valence-electron chi connectivity index (χ3n) is 3.10. The van der Waals surface area contributed by atoms with Gasteiger partial charge in [0, 0.05) is 17.2 Å². The van der Waals surface area contributed by atoms with Gasteiger partial charge in [-0.2, -0.15) is 27.1 Å². The van der Waals surface area contributed by atoms with Gasteiger partial charge in [-0.25, -0.2) is 4.79 Å². The molecule has 1 saturated heterocycles. The molecular weight excluding hydrogens is 397 g/mol. The number of rotatable bonds is 4. The Hall–Kier alpha value is -2.76. The summed E-state index contributed by atoms with van der Waals surface area (Å²) in [7, 11) is 1.12. The van der Waals surface area contributed by atoms with Crippen molar-refractivity contribution in [3.63, 3.8) is 0 Å². The lowest BCUT2D eigenvalue weighted by Gasteiger charge is -2.21. The highest BCUT2D eigenvalue weighted by atomic mass is 32.2. The van der Waals surface area contributed by atoms with Crippen LogP contribution in [0.15, 0.2) is 45.4 Å². The summed E-state index contributed by atoms with van der Waals surface area (Å²) >= 11 is 0.719. The van der Waals surface area contributed by atoms with Gasteiger partial charge in [-0.3, -0.25) is 10.1 Å². The van der Waals surface area contributed by atoms with Crippen molar-refractivity contribution in [3.05, 3.63) is 46.4 Å². The Morgan fingerprint density at radius 2 is 1.89 bits per heavy atom. The van der Waals surface area contributed by atoms with Crippen molar-refractivity contribution < 1.29 is 36.3 Å². The van der Waals surface area contributed by atoms with E-state index in [4.69, 9.17) is 0 Å². The van der Waals surface area contributed by atoms with Gasteiger partial charge < -0.3 is 4.74 Å². The molecule has 0 aliphatic carbocycles. The number of amides is 1. The van der Waals surface area contributed by atoms with Crippen molar-refractivity contribution in [2.24, 2.45) is 10.2 Å². The van der Waals surface area contributed by atoms with Gasteiger partial charge in [-0.05, 0) is 11.8 Å². The van der Waals surface area contributed by atoms with Gasteiger partial charge in [-0.15, -0.1) is 5.10 Å². The zero-order valence-electron chi connectivity index (χ0n) is 13.4. The van der Waals surface area contributed by atoms with Gasteiger partial charge >= 0.3 is 18.1 Å². The number of carbonyl (C=O) groups excluding carboxylic acids is 2. The van der Waals surface area contributed by atoms with Gasteiger partial charge in [0.1, 0.15) is 0 Å². The summed E-state index contributed by atoms with van der Waals surface area (Å²) in [5, 5.41) is 9.12. The molecule has 1 N–H and O–H groups in total. The Bertz CT molecular complexity index is 849. The first-order valence-corrected chi connectivity index (χ1v) is 7.82. The van der Waals surface area contributed by atoms with E-state index >= 15 is 0 Å². The highest BCUT2D eigenvalue weighted by Gasteiger charge is 2.59. The molecule has 1 fully saturated rings. The first-order valence-electron chi connectivity index (χ1n) is 7.00. The van der Waals surface area contributed by atoms with Gasteiger partial charge in [0.05, 0.1) is 18.2 Å². The molecule has 1 aromatic carbocycles. The topological polar surface area (TPSA) is 80.1 Å². The van der Waals surface area contributed by atoms with E-state index in [-0.39, 0.29) is 10.1 Å². The van der Waals surface area contributed by atoms with Crippen LogP contribution in [-0.4, -0.2) is 36.5 Å². The molecule has 27 heavy (non-hydrogen) atoms. The number of thioether (sulfide) groups is 1. The number of ether oxygens (including phenoxy) is 1. The number of esters is 1. The van der Waals surface area contributed by atoms with Crippen LogP contribution in [0.25, 0.3) is 0 Å². The molecule has 12 heteroatoms. The summed E-state index contributed by atoms with van der Waals surface area (Å²) in [5.74, 6) is -6.51. The SMILES string of the molecule is COC(=O)/C=C1/S/C(=N\N=Cc2ccccc2C(F)(F)C(F)(F)F)NC1=O. The molecule has 0 aromatic heterocycles. The smallest absolute Gasteiger partial charge is 0.458 e. The molecule has 0 saturated carbocycles. The number of hydrogen-bond acceptors (Lipinski definition) is 6. The summed E-state index contributed by atoms with van der Waals surface area (Å²) in [6.45, 7) is 0. The van der Waals surface area contributed by atoms with Crippen LogP contribution in [0.3, 0.4) is 0 Å². The lowest BCUT2D eigenvalue weighted by molar-refractivity contribution is -0.289. The lowest BCUT2D eigenvalue weighted by Crippen LogP contribution is -2.34. The molecule has 0 bridgehead atoms. The average molecular weight is 407 g/mol. The largest absolute Gasteiger partial charge is 0.466 e. The van der Waals surface area contributed by atoms with E-state index in [2.05, 4.69) is 20.3 Å². The number of nitrogens with one attached hydrogen (secondary N) is 1. The zero-order valence-corrected chi connectivity index (χ0v) is 14.2. The van der Waals surface area contributed by atoms with Crippen molar-refractivity contribution >= 4 is 35.0 Å². The van der Waals surface area contributed by atoms with Crippen molar-refractivity contribution in [2.75, 3.05) is 7.11 Å². The van der Waals surface area contributed by atoms with Gasteiger partial charge in [-0.1, -0.05) is 24.3 Å². The van der Waals surface area contributed by atoms with Crippen LogP contribution in [0.1, 0.15) is 11.1 Å². The Morgan fingerprint density at radius 3 is 2.52 bits per heavy atom. The molecule has 1 heterocycles. The average Bonchev–Trinajstić information content (AvgIpc) is 2.93. The van der Waals surface area contributed by atoms with E-state index < -0.39 is 35.1 Å². The highest BCUT2D eigenvalue weighted by molar-refractivity contribution is 8.18. The quantitative estimate of drug-likeness (QED) is 0.274. The minimum absolute atomic E-state index is 0.0418. The van der Waals surface area contributed by atoms with Crippen molar-refractivity contribution in [1.29, 1.82) is 0 Å². The Kier molecular flexibility index (Phi) is 5.98. The summed E-state index contributed by atoms with van der Waals surface area (Å²) in [6, 6.07) is 3.94. The standard InChI is InChI=1S/C15H10F5N3O3S/c1-26-11(24)6-10-12(25)22-13(27-10)23-21-7-8-4-2-3-5-9(8)14(16,17)15(18,19)20/h2-7H,1H3,(H,22,23,25)/b10-6+,21-7?. The molecular formula is C15H10F5N3O3S. The van der Waals surface area contributed by atoms with Crippen LogP contribution >= 0.6 is 11.8 Å². The van der Waals surface area contributed by atoms with E-state index in [0.717, 1.165) is 37.1 Å². The summed E-state index contributed by atoms with van der Waals surface area (Å²) in [6.07, 6.45) is -4.16. The van der Waals surface area contributed by atoms with Gasteiger partial charge in [0.25, 0.3) is 5.91 Å². The molecule has 1 aromatic rings. The van der Waals surface area contributed by atoms with Crippen LogP contribution in [0.5, 0.6) is 0 Å². The normalized spacial score (nSPS) is 18.4. The number of carbonyl (C=O) groups is 2. The maximum atomic E-state index is 13.6. The van der Waals surface area contributed by atoms with E-state index in [1.807, 2.05) is 0 Å². The molecule has 144 valence electrons. The molecule has 1 aliphatic rings. The fourth-order valence-corrected chi connectivity index (χ4v) is 2.57. The van der Waals surface area contributed by atoms with Gasteiger partial charge in [0.2, 0.25) is 0 Å². The Balaban J connectivity index is 2.24. The number of amidine groups is 1. The second-order valence-corrected chi connectivity index (χ2v) is 5.93. The minimum Gasteiger partial charge on any atom is -0.466 e. The molecule has 1 amide bonds. The molecule has 6 nitrogen and oxygen atoms in total. The molecule has 0 spiro atoms. The van der Waals surface area contributed by atoms with E-state index in [0.29, 0.717) is 12.3 Å². The number of alkyl halides is 5. The highest BCUT2D eigenvalue weighted by Crippen LogP contribution is 2.44. The molecule has 0 radical (unpaired) electrons. The van der Waals surface area contributed by atoms with Crippen molar-refractivity contribution in [1.82, 2.24) is 5.32 Å². The van der Waals surface area contributed by atoms with Crippen LogP contribution in [-0.2, 0) is 20.2 Å². The van der Waals surface area contributed by atoms with Gasteiger partial charge in [0.15, 0.2) is 5.17 Å². The van der Waals surface area contributed by atoms with Crippen LogP contribution < -0.4 is 5.32 Å². The first-order chi connectivity index (χ1) is 12.6. The zero-order chi connectivity index (χ0) is 20.2. The number of benzene rings is 1. The predicted molar refractivity (Wildman–Crippen MR) is 87.3 cm³/mol. The maximum Gasteiger partial charge on any atom is 0.458 e. The van der Waals surface area contributed by atoms with E-state index in [1.165, 1.54) is 6.07 Å².